The molecular formula is C49H42Cl3F3N10O. The predicted molar refractivity (Wildman–Crippen MR) is 256 cm³/mol. The lowest BCUT2D eigenvalue weighted by molar-refractivity contribution is 0.198. The number of rotatable bonds is 5. The second-order valence-electron chi connectivity index (χ2n) is 15.5. The van der Waals surface area contributed by atoms with E-state index >= 15 is 0 Å². The molecule has 66 heavy (non-hydrogen) atoms. The molecule has 1 fully saturated rings. The van der Waals surface area contributed by atoms with Crippen LogP contribution in [0.5, 0.6) is 0 Å². The molecule has 0 spiro atoms. The number of halogens is 6. The van der Waals surface area contributed by atoms with E-state index in [2.05, 4.69) is 44.9 Å². The Morgan fingerprint density at radius 1 is 0.439 bits per heavy atom. The van der Waals surface area contributed by atoms with E-state index < -0.39 is 0 Å². The van der Waals surface area contributed by atoms with Gasteiger partial charge in [0.1, 0.15) is 34.0 Å². The van der Waals surface area contributed by atoms with Gasteiger partial charge in [-0.3, -0.25) is 0 Å². The molecule has 17 heteroatoms. The van der Waals surface area contributed by atoms with Crippen molar-refractivity contribution in [2.24, 2.45) is 0 Å². The lowest BCUT2D eigenvalue weighted by Gasteiger charge is -2.10. The maximum Gasteiger partial charge on any atom is 0.224 e. The largest absolute Gasteiger partial charge is 0.381 e. The summed E-state index contributed by atoms with van der Waals surface area (Å²) in [6.07, 6.45) is 2.56. The normalized spacial score (nSPS) is 12.1. The van der Waals surface area contributed by atoms with Crippen LogP contribution in [0.3, 0.4) is 0 Å². The van der Waals surface area contributed by atoms with E-state index in [1.807, 2.05) is 52.0 Å². The van der Waals surface area contributed by atoms with E-state index in [1.165, 1.54) is 49.2 Å². The minimum Gasteiger partial charge on any atom is -0.381 e. The van der Waals surface area contributed by atoms with Crippen LogP contribution in [0.4, 0.5) is 19.1 Å². The van der Waals surface area contributed by atoms with Crippen LogP contribution in [-0.4, -0.2) is 58.1 Å². The second-order valence-corrected chi connectivity index (χ2v) is 16.5. The first-order chi connectivity index (χ1) is 31.7. The fraction of sp³-hybridized carbons (Fsp3) is 0.204. The maximum atomic E-state index is 13.0. The number of benzene rings is 3. The molecular weight excluding hydrogens is 908 g/mol. The van der Waals surface area contributed by atoms with E-state index in [4.69, 9.17) is 45.3 Å². The SMILES string of the molecule is C1CCOC1.CC(C)c1nc(Cl)nc2ccc(-c3ccc(F)cc3)nc12.CC(C)c1nc(N)nc2ccc(-c3ccc(F)cc3)nc12.Fc1ccc(-c2ccc3nc(Cl)nc(Cl)c3n2)cc1. The van der Waals surface area contributed by atoms with E-state index in [0.29, 0.717) is 22.2 Å². The van der Waals surface area contributed by atoms with Gasteiger partial charge >= 0.3 is 0 Å². The highest BCUT2D eigenvalue weighted by atomic mass is 35.5. The summed E-state index contributed by atoms with van der Waals surface area (Å²) in [4.78, 5) is 38.5. The Morgan fingerprint density at radius 3 is 1.20 bits per heavy atom. The first-order valence-corrected chi connectivity index (χ1v) is 22.0. The van der Waals surface area contributed by atoms with Gasteiger partial charge in [0.2, 0.25) is 16.5 Å². The molecule has 0 bridgehead atoms. The number of nitrogens with two attached hydrogens (primary N) is 1. The third-order valence-corrected chi connectivity index (χ3v) is 10.5. The minimum atomic E-state index is -0.294. The Kier molecular flexibility index (Phi) is 15.6. The van der Waals surface area contributed by atoms with Crippen LogP contribution in [0.2, 0.25) is 15.7 Å². The third kappa shape index (κ3) is 12.1. The van der Waals surface area contributed by atoms with E-state index in [1.54, 1.807) is 48.5 Å². The van der Waals surface area contributed by atoms with Gasteiger partial charge in [0.15, 0.2) is 5.15 Å². The predicted octanol–water partition coefficient (Wildman–Crippen LogP) is 13.1. The van der Waals surface area contributed by atoms with Gasteiger partial charge in [-0.15, -0.1) is 0 Å². The maximum absolute atomic E-state index is 13.0. The van der Waals surface area contributed by atoms with E-state index in [-0.39, 0.29) is 51.0 Å². The molecule has 1 aliphatic rings. The summed E-state index contributed by atoms with van der Waals surface area (Å²) >= 11 is 17.7. The molecule has 9 aromatic rings. The van der Waals surface area contributed by atoms with Crippen LogP contribution in [0.25, 0.3) is 66.9 Å². The fourth-order valence-electron chi connectivity index (χ4n) is 6.67. The molecule has 1 aliphatic heterocycles. The van der Waals surface area contributed by atoms with Crippen molar-refractivity contribution < 1.29 is 17.9 Å². The number of pyridine rings is 3. The molecule has 6 aromatic heterocycles. The van der Waals surface area contributed by atoms with Crippen LogP contribution in [0.15, 0.2) is 109 Å². The zero-order valence-corrected chi connectivity index (χ0v) is 38.4. The Labute approximate surface area is 393 Å². The number of aromatic nitrogens is 9. The summed E-state index contributed by atoms with van der Waals surface area (Å²) in [6, 6.07) is 29.5. The first-order valence-electron chi connectivity index (χ1n) is 20.9. The number of ether oxygens (including phenoxy) is 1. The van der Waals surface area contributed by atoms with Crippen molar-refractivity contribution in [2.45, 2.75) is 52.4 Å². The number of hydrogen-bond donors (Lipinski definition) is 1. The van der Waals surface area contributed by atoms with Gasteiger partial charge in [-0.25, -0.2) is 58.0 Å². The van der Waals surface area contributed by atoms with Gasteiger partial charge < -0.3 is 10.5 Å². The number of anilines is 1. The third-order valence-electron chi connectivity index (χ3n) is 9.94. The van der Waals surface area contributed by atoms with Gasteiger partial charge in [-0.1, -0.05) is 39.3 Å². The molecule has 3 aromatic carbocycles. The summed E-state index contributed by atoms with van der Waals surface area (Å²) in [5.74, 6) is -0.200. The van der Waals surface area contributed by atoms with Gasteiger partial charge in [0, 0.05) is 29.9 Å². The molecule has 0 aliphatic carbocycles. The smallest absolute Gasteiger partial charge is 0.224 e. The van der Waals surface area contributed by atoms with Crippen LogP contribution >= 0.6 is 34.8 Å². The van der Waals surface area contributed by atoms with Gasteiger partial charge in [0.25, 0.3) is 0 Å². The highest BCUT2D eigenvalue weighted by molar-refractivity contribution is 6.35. The quantitative estimate of drug-likeness (QED) is 0.130. The molecule has 336 valence electrons. The molecule has 11 nitrogen and oxygen atoms in total. The van der Waals surface area contributed by atoms with Crippen molar-refractivity contribution in [2.75, 3.05) is 18.9 Å². The molecule has 0 atom stereocenters. The Bertz CT molecular complexity index is 2960. The lowest BCUT2D eigenvalue weighted by Crippen LogP contribution is -2.04. The monoisotopic (exact) mass is 948 g/mol. The number of fused-ring (bicyclic) bond motifs is 3. The number of nitrogen functional groups attached to an aromatic ring is 1. The average molecular weight is 950 g/mol. The summed E-state index contributed by atoms with van der Waals surface area (Å²) in [5.41, 5.74) is 16.0. The Morgan fingerprint density at radius 2 is 0.803 bits per heavy atom. The Hall–Kier alpha value is -6.45. The van der Waals surface area contributed by atoms with Crippen molar-refractivity contribution in [1.82, 2.24) is 44.9 Å². The highest BCUT2D eigenvalue weighted by Gasteiger charge is 2.15. The van der Waals surface area contributed by atoms with E-state index in [9.17, 15) is 13.2 Å². The average Bonchev–Trinajstić information content (AvgIpc) is 3.90. The molecule has 0 unspecified atom stereocenters. The number of hydrogen-bond acceptors (Lipinski definition) is 11. The molecule has 0 radical (unpaired) electrons. The topological polar surface area (TPSA) is 151 Å². The van der Waals surface area contributed by atoms with Gasteiger partial charge in [0.05, 0.1) is 45.0 Å². The summed E-state index contributed by atoms with van der Waals surface area (Å²) in [6.45, 7) is 10.1. The molecule has 7 heterocycles. The first kappa shape index (κ1) is 47.5. The van der Waals surface area contributed by atoms with Gasteiger partial charge in [-0.2, -0.15) is 0 Å². The molecule has 0 amide bonds. The van der Waals surface area contributed by atoms with Crippen LogP contribution in [-0.2, 0) is 4.74 Å². The molecule has 10 rings (SSSR count). The van der Waals surface area contributed by atoms with Crippen LogP contribution in [0, 0.1) is 17.5 Å². The van der Waals surface area contributed by atoms with Gasteiger partial charge in [-0.05, 0) is 157 Å². The van der Waals surface area contributed by atoms with Crippen molar-refractivity contribution in [1.29, 1.82) is 0 Å². The van der Waals surface area contributed by atoms with Crippen molar-refractivity contribution >= 4 is 73.9 Å². The summed E-state index contributed by atoms with van der Waals surface area (Å²) in [5, 5.41) is 0.496. The fourth-order valence-corrected chi connectivity index (χ4v) is 7.29. The molecule has 0 saturated carbocycles. The summed E-state index contributed by atoms with van der Waals surface area (Å²) in [7, 11) is 0. The van der Waals surface area contributed by atoms with Crippen molar-refractivity contribution in [3.63, 3.8) is 0 Å². The van der Waals surface area contributed by atoms with Crippen molar-refractivity contribution in [3.05, 3.63) is 154 Å². The highest BCUT2D eigenvalue weighted by Crippen LogP contribution is 2.29. The minimum absolute atomic E-state index is 0.0776. The van der Waals surface area contributed by atoms with Crippen LogP contribution < -0.4 is 5.73 Å². The number of nitrogens with zero attached hydrogens (tertiary/aromatic N) is 9. The lowest BCUT2D eigenvalue weighted by atomic mass is 10.1. The summed E-state index contributed by atoms with van der Waals surface area (Å²) < 4.78 is 43.9. The molecule has 2 N–H and O–H groups in total. The Balaban J connectivity index is 0.000000140. The van der Waals surface area contributed by atoms with E-state index in [0.717, 1.165) is 69.2 Å². The standard InChI is InChI=1S/C16H13ClFN3.C16H15FN4.C13H6Cl2FN3.C4H8O/c1-9(2)14-15-13(20-16(17)21-14)8-7-12(19-15)10-3-5-11(18)6-4-10;1-9(2)14-15-13(20-16(18)21-14)8-7-12(19-15)10-3-5-11(17)6-4-10;14-12-11-10(18-13(15)19-12)6-5-9(17-11)7-1-3-8(16)4-2-7;1-2-4-5-3-1/h3-9H,1-2H3;3-9H,1-2H3,(H2,18,20,21);1-6H;1-4H2. The van der Waals surface area contributed by atoms with Crippen LogP contribution in [0.1, 0.15) is 63.8 Å². The second kappa shape index (κ2) is 21.7. The molecule has 1 saturated heterocycles. The zero-order valence-electron chi connectivity index (χ0n) is 36.2. The zero-order chi connectivity index (χ0) is 46.9. The van der Waals surface area contributed by atoms with Crippen molar-refractivity contribution in [3.8, 4) is 33.8 Å².